The predicted molar refractivity (Wildman–Crippen MR) is 51.8 cm³/mol. The number of aliphatic carboxylic acids is 1. The zero-order valence-corrected chi connectivity index (χ0v) is 8.10. The molecule has 0 aromatic heterocycles. The minimum atomic E-state index is -1.05. The van der Waals surface area contributed by atoms with Crippen LogP contribution in [0, 0.1) is 0 Å². The summed E-state index contributed by atoms with van der Waals surface area (Å²) in [4.78, 5) is 20.9. The molecular weight excluding hydrogens is 184 g/mol. The van der Waals surface area contributed by atoms with Crippen LogP contribution >= 0.6 is 0 Å². The van der Waals surface area contributed by atoms with E-state index in [0.717, 1.165) is 18.9 Å². The molecule has 14 heavy (non-hydrogen) atoms. The molecule has 0 heterocycles. The minimum absolute atomic E-state index is 0.405. The molecule has 0 aliphatic carbocycles. The van der Waals surface area contributed by atoms with Crippen LogP contribution in [0.4, 0.5) is 0 Å². The van der Waals surface area contributed by atoms with Gasteiger partial charge in [-0.05, 0) is 6.42 Å². The maximum absolute atomic E-state index is 10.9. The van der Waals surface area contributed by atoms with Crippen molar-refractivity contribution in [1.82, 2.24) is 0 Å². The lowest BCUT2D eigenvalue weighted by atomic mass is 10.4. The number of hydrogen-bond donors (Lipinski definition) is 1. The molecule has 0 radical (unpaired) electrons. The number of hydrogen-bond acceptors (Lipinski definition) is 3. The Labute approximate surface area is 82.9 Å². The van der Waals surface area contributed by atoms with E-state index in [4.69, 9.17) is 9.84 Å². The fourth-order valence-electron chi connectivity index (χ4n) is 0.637. The van der Waals surface area contributed by atoms with Crippen molar-refractivity contribution in [2.75, 3.05) is 6.61 Å². The molecule has 0 rings (SSSR count). The van der Waals surface area contributed by atoms with Gasteiger partial charge in [0.1, 0.15) is 0 Å². The summed E-state index contributed by atoms with van der Waals surface area (Å²) in [5.41, 5.74) is 0. The maximum atomic E-state index is 10.9. The summed E-state index contributed by atoms with van der Waals surface area (Å²) in [5.74, 6) is -1.50. The largest absolute Gasteiger partial charge is 0.478 e. The highest BCUT2D eigenvalue weighted by molar-refractivity contribution is 5.83. The molecule has 78 valence electrons. The van der Waals surface area contributed by atoms with Crippen molar-refractivity contribution in [3.63, 3.8) is 0 Å². The number of rotatable bonds is 6. The lowest BCUT2D eigenvalue weighted by Gasteiger charge is -1.97. The molecule has 4 nitrogen and oxygen atoms in total. The number of ether oxygens (including phenoxy) is 1. The lowest BCUT2D eigenvalue weighted by Crippen LogP contribution is -2.01. The van der Waals surface area contributed by atoms with E-state index >= 15 is 0 Å². The van der Waals surface area contributed by atoms with Crippen LogP contribution in [0.2, 0.25) is 0 Å². The maximum Gasteiger partial charge on any atom is 0.330 e. The Morgan fingerprint density at radius 2 is 1.93 bits per heavy atom. The summed E-state index contributed by atoms with van der Waals surface area (Å²) >= 11 is 0. The van der Waals surface area contributed by atoms with Crippen molar-refractivity contribution in [2.45, 2.75) is 19.8 Å². The molecule has 4 heteroatoms. The molecule has 0 unspecified atom stereocenters. The molecular formula is C10H14O4. The molecule has 0 aromatic carbocycles. The van der Waals surface area contributed by atoms with Crippen molar-refractivity contribution in [3.8, 4) is 0 Å². The van der Waals surface area contributed by atoms with E-state index in [1.54, 1.807) is 0 Å². The van der Waals surface area contributed by atoms with Crippen molar-refractivity contribution in [2.24, 2.45) is 0 Å². The van der Waals surface area contributed by atoms with Crippen molar-refractivity contribution >= 4 is 11.9 Å². The predicted octanol–water partition coefficient (Wildman–Crippen LogP) is 1.53. The molecule has 0 amide bonds. The molecule has 0 aliphatic heterocycles. The second kappa shape index (κ2) is 8.04. The van der Waals surface area contributed by atoms with Crippen molar-refractivity contribution < 1.29 is 19.4 Å². The first-order chi connectivity index (χ1) is 6.66. The van der Waals surface area contributed by atoms with E-state index in [2.05, 4.69) is 0 Å². The third kappa shape index (κ3) is 8.52. The van der Waals surface area contributed by atoms with Gasteiger partial charge in [-0.1, -0.05) is 25.5 Å². The van der Waals surface area contributed by atoms with Crippen LogP contribution in [-0.2, 0) is 14.3 Å². The number of esters is 1. The van der Waals surface area contributed by atoms with E-state index < -0.39 is 11.9 Å². The van der Waals surface area contributed by atoms with Crippen LogP contribution in [0.15, 0.2) is 24.3 Å². The average molecular weight is 198 g/mol. The van der Waals surface area contributed by atoms with Gasteiger partial charge in [0.25, 0.3) is 0 Å². The average Bonchev–Trinajstić information content (AvgIpc) is 2.13. The number of carbonyl (C=O) groups excluding carboxylic acids is 1. The monoisotopic (exact) mass is 198 g/mol. The third-order valence-corrected chi connectivity index (χ3v) is 1.32. The molecule has 1 N–H and O–H groups in total. The molecule has 0 aliphatic rings. The van der Waals surface area contributed by atoms with Gasteiger partial charge in [-0.3, -0.25) is 0 Å². The normalized spacial score (nSPS) is 10.9. The molecule has 0 aromatic rings. The van der Waals surface area contributed by atoms with Crippen molar-refractivity contribution in [3.05, 3.63) is 24.3 Å². The SMILES string of the molecule is CCCCOC(=O)/C=C\C=C/C(=O)O. The van der Waals surface area contributed by atoms with Gasteiger partial charge in [-0.15, -0.1) is 0 Å². The Kier molecular flexibility index (Phi) is 7.13. The summed E-state index contributed by atoms with van der Waals surface area (Å²) in [6, 6.07) is 0. The van der Waals surface area contributed by atoms with Crippen LogP contribution in [0.5, 0.6) is 0 Å². The number of carboxylic acids is 1. The second-order valence-corrected chi connectivity index (χ2v) is 2.58. The number of unbranched alkanes of at least 4 members (excludes halogenated alkanes) is 1. The molecule has 0 fully saturated rings. The highest BCUT2D eigenvalue weighted by Gasteiger charge is 1.93. The van der Waals surface area contributed by atoms with Gasteiger partial charge in [0.15, 0.2) is 0 Å². The second-order valence-electron chi connectivity index (χ2n) is 2.58. The van der Waals surface area contributed by atoms with Crippen LogP contribution in [0.1, 0.15) is 19.8 Å². The van der Waals surface area contributed by atoms with Gasteiger partial charge in [0.05, 0.1) is 6.61 Å². The van der Waals surface area contributed by atoms with Gasteiger partial charge >= 0.3 is 11.9 Å². The van der Waals surface area contributed by atoms with Crippen molar-refractivity contribution in [1.29, 1.82) is 0 Å². The smallest absolute Gasteiger partial charge is 0.330 e. The summed E-state index contributed by atoms with van der Waals surface area (Å²) in [5, 5.41) is 8.22. The summed E-state index contributed by atoms with van der Waals surface area (Å²) in [6.07, 6.45) is 6.54. The molecule has 0 spiro atoms. The summed E-state index contributed by atoms with van der Waals surface area (Å²) in [6.45, 7) is 2.40. The lowest BCUT2D eigenvalue weighted by molar-refractivity contribution is -0.138. The van der Waals surface area contributed by atoms with Crippen LogP contribution < -0.4 is 0 Å². The Balaban J connectivity index is 3.66. The van der Waals surface area contributed by atoms with E-state index in [9.17, 15) is 9.59 Å². The molecule has 0 saturated carbocycles. The zero-order chi connectivity index (χ0) is 10.8. The Morgan fingerprint density at radius 3 is 2.50 bits per heavy atom. The van der Waals surface area contributed by atoms with Crippen LogP contribution in [0.25, 0.3) is 0 Å². The zero-order valence-electron chi connectivity index (χ0n) is 8.10. The molecule has 0 bridgehead atoms. The minimum Gasteiger partial charge on any atom is -0.478 e. The Morgan fingerprint density at radius 1 is 1.29 bits per heavy atom. The van der Waals surface area contributed by atoms with Gasteiger partial charge < -0.3 is 9.84 Å². The standard InChI is InChI=1S/C10H14O4/c1-2-3-8-14-10(13)7-5-4-6-9(11)12/h4-7H,2-3,8H2,1H3,(H,11,12)/b6-4-,7-5-. The molecule has 0 saturated heterocycles. The van der Waals surface area contributed by atoms with E-state index in [1.807, 2.05) is 6.92 Å². The Bertz CT molecular complexity index is 241. The highest BCUT2D eigenvalue weighted by atomic mass is 16.5. The quantitative estimate of drug-likeness (QED) is 0.304. The van der Waals surface area contributed by atoms with E-state index in [0.29, 0.717) is 6.61 Å². The van der Waals surface area contributed by atoms with E-state index in [1.165, 1.54) is 18.2 Å². The summed E-state index contributed by atoms with van der Waals surface area (Å²) in [7, 11) is 0. The first kappa shape index (κ1) is 12.4. The number of carboxylic acid groups (broad SMARTS) is 1. The Hall–Kier alpha value is -1.58. The first-order valence-electron chi connectivity index (χ1n) is 4.41. The van der Waals surface area contributed by atoms with Gasteiger partial charge in [0, 0.05) is 12.2 Å². The number of allylic oxidation sites excluding steroid dienone is 2. The fourth-order valence-corrected chi connectivity index (χ4v) is 0.637. The topological polar surface area (TPSA) is 63.6 Å². The highest BCUT2D eigenvalue weighted by Crippen LogP contribution is 1.90. The molecule has 0 atom stereocenters. The number of carbonyl (C=O) groups is 2. The van der Waals surface area contributed by atoms with Crippen LogP contribution in [-0.4, -0.2) is 23.7 Å². The third-order valence-electron chi connectivity index (χ3n) is 1.32. The first-order valence-corrected chi connectivity index (χ1v) is 4.41. The van der Waals surface area contributed by atoms with Crippen LogP contribution in [0.3, 0.4) is 0 Å². The van der Waals surface area contributed by atoms with Gasteiger partial charge in [-0.2, -0.15) is 0 Å². The summed E-state index contributed by atoms with van der Waals surface area (Å²) < 4.78 is 4.78. The van der Waals surface area contributed by atoms with Gasteiger partial charge in [-0.25, -0.2) is 9.59 Å². The van der Waals surface area contributed by atoms with Gasteiger partial charge in [0.2, 0.25) is 0 Å². The van der Waals surface area contributed by atoms with E-state index in [-0.39, 0.29) is 0 Å². The fraction of sp³-hybridized carbons (Fsp3) is 0.400.